The van der Waals surface area contributed by atoms with Crippen molar-refractivity contribution in [2.24, 2.45) is 0 Å². The highest BCUT2D eigenvalue weighted by Gasteiger charge is 2.36. The molecule has 122 valence electrons. The Morgan fingerprint density at radius 2 is 2.13 bits per heavy atom. The van der Waals surface area contributed by atoms with Crippen LogP contribution in [-0.4, -0.2) is 41.5 Å². The summed E-state index contributed by atoms with van der Waals surface area (Å²) >= 11 is 0. The van der Waals surface area contributed by atoms with Crippen LogP contribution in [0.5, 0.6) is 0 Å². The van der Waals surface area contributed by atoms with Gasteiger partial charge in [0.05, 0.1) is 11.6 Å². The molecule has 3 heterocycles. The Bertz CT molecular complexity index is 783. The van der Waals surface area contributed by atoms with Gasteiger partial charge < -0.3 is 4.42 Å². The second kappa shape index (κ2) is 5.77. The van der Waals surface area contributed by atoms with E-state index in [9.17, 15) is 4.79 Å². The van der Waals surface area contributed by atoms with Crippen LogP contribution in [0.15, 0.2) is 33.7 Å². The third-order valence-electron chi connectivity index (χ3n) is 5.59. The highest BCUT2D eigenvalue weighted by atomic mass is 16.3. The number of fused-ring (bicyclic) bond motifs is 2. The van der Waals surface area contributed by atoms with Crippen LogP contribution in [0.4, 0.5) is 0 Å². The van der Waals surface area contributed by atoms with Gasteiger partial charge in [-0.25, -0.2) is 0 Å². The summed E-state index contributed by atoms with van der Waals surface area (Å²) in [5, 5.41) is 0.703. The van der Waals surface area contributed by atoms with Crippen LogP contribution in [-0.2, 0) is 6.54 Å². The summed E-state index contributed by atoms with van der Waals surface area (Å²) < 4.78 is 5.70. The first-order valence-electron chi connectivity index (χ1n) is 8.62. The molecular weight excluding hydrogens is 288 g/mol. The van der Waals surface area contributed by atoms with E-state index < -0.39 is 0 Å². The molecule has 0 aliphatic carbocycles. The molecule has 0 saturated carbocycles. The molecule has 4 heteroatoms. The topological polar surface area (TPSA) is 36.7 Å². The van der Waals surface area contributed by atoms with Gasteiger partial charge in [0.25, 0.3) is 0 Å². The molecule has 23 heavy (non-hydrogen) atoms. The summed E-state index contributed by atoms with van der Waals surface area (Å²) in [6.07, 6.45) is 4.25. The predicted octanol–water partition coefficient (Wildman–Crippen LogP) is 2.77. The lowest BCUT2D eigenvalue weighted by Gasteiger charge is -2.43. The Balaban J connectivity index is 1.62. The number of nitrogens with zero attached hydrogens (tertiary/aromatic N) is 2. The molecule has 0 bridgehead atoms. The van der Waals surface area contributed by atoms with Crippen molar-refractivity contribution in [1.82, 2.24) is 9.80 Å². The highest BCUT2D eigenvalue weighted by Crippen LogP contribution is 2.27. The van der Waals surface area contributed by atoms with Gasteiger partial charge in [0.15, 0.2) is 5.43 Å². The Hall–Kier alpha value is -1.65. The molecule has 4 rings (SSSR count). The lowest BCUT2D eigenvalue weighted by Crippen LogP contribution is -2.55. The number of hydrogen-bond acceptors (Lipinski definition) is 4. The third-order valence-corrected chi connectivity index (χ3v) is 5.59. The van der Waals surface area contributed by atoms with Gasteiger partial charge >= 0.3 is 0 Å². The summed E-state index contributed by atoms with van der Waals surface area (Å²) in [5.74, 6) is 0. The van der Waals surface area contributed by atoms with E-state index in [-0.39, 0.29) is 5.43 Å². The first kappa shape index (κ1) is 14.9. The second-order valence-electron chi connectivity index (χ2n) is 7.05. The van der Waals surface area contributed by atoms with Crippen molar-refractivity contribution in [3.05, 3.63) is 45.8 Å². The zero-order valence-corrected chi connectivity index (χ0v) is 13.9. The minimum absolute atomic E-state index is 0.121. The number of hydrogen-bond donors (Lipinski definition) is 0. The predicted molar refractivity (Wildman–Crippen MR) is 91.7 cm³/mol. The van der Waals surface area contributed by atoms with Gasteiger partial charge in [0.2, 0.25) is 0 Å². The van der Waals surface area contributed by atoms with Crippen molar-refractivity contribution in [3.63, 3.8) is 0 Å². The van der Waals surface area contributed by atoms with Crippen LogP contribution in [0.1, 0.15) is 30.9 Å². The van der Waals surface area contributed by atoms with Gasteiger partial charge in [-0.05, 0) is 45.4 Å². The van der Waals surface area contributed by atoms with Crippen molar-refractivity contribution in [3.8, 4) is 0 Å². The van der Waals surface area contributed by atoms with E-state index in [4.69, 9.17) is 4.42 Å². The van der Waals surface area contributed by atoms with Gasteiger partial charge in [0, 0.05) is 37.3 Å². The van der Waals surface area contributed by atoms with Gasteiger partial charge in [-0.15, -0.1) is 0 Å². The van der Waals surface area contributed by atoms with Crippen molar-refractivity contribution < 1.29 is 4.42 Å². The molecule has 1 aromatic heterocycles. The summed E-state index contributed by atoms with van der Waals surface area (Å²) in [5.41, 5.74) is 2.67. The fourth-order valence-electron chi connectivity index (χ4n) is 4.22. The van der Waals surface area contributed by atoms with Gasteiger partial charge in [-0.1, -0.05) is 11.6 Å². The van der Waals surface area contributed by atoms with Gasteiger partial charge in [0.1, 0.15) is 5.58 Å². The van der Waals surface area contributed by atoms with Crippen LogP contribution in [0.3, 0.4) is 0 Å². The smallest absolute Gasteiger partial charge is 0.197 e. The molecule has 2 aliphatic heterocycles. The maximum absolute atomic E-state index is 12.8. The van der Waals surface area contributed by atoms with E-state index in [1.165, 1.54) is 19.4 Å². The lowest BCUT2D eigenvalue weighted by atomic mass is 10.0. The fourth-order valence-corrected chi connectivity index (χ4v) is 4.22. The molecule has 0 N–H and O–H groups in total. The number of aryl methyl sites for hydroxylation is 1. The minimum Gasteiger partial charge on any atom is -0.464 e. The quantitative estimate of drug-likeness (QED) is 0.854. The Labute approximate surface area is 136 Å². The number of piperazine rings is 1. The molecule has 2 saturated heterocycles. The largest absolute Gasteiger partial charge is 0.464 e. The lowest BCUT2D eigenvalue weighted by molar-refractivity contribution is 0.0465. The molecule has 0 unspecified atom stereocenters. The first-order chi connectivity index (χ1) is 11.1. The van der Waals surface area contributed by atoms with Crippen molar-refractivity contribution >= 4 is 11.0 Å². The molecule has 0 amide bonds. The van der Waals surface area contributed by atoms with Gasteiger partial charge in [-0.2, -0.15) is 0 Å². The number of benzene rings is 1. The highest BCUT2D eigenvalue weighted by molar-refractivity contribution is 5.77. The van der Waals surface area contributed by atoms with Gasteiger partial charge in [-0.3, -0.25) is 14.6 Å². The third kappa shape index (κ3) is 2.60. The summed E-state index contributed by atoms with van der Waals surface area (Å²) in [6, 6.07) is 6.95. The van der Waals surface area contributed by atoms with Crippen LogP contribution >= 0.6 is 0 Å². The maximum Gasteiger partial charge on any atom is 0.197 e. The molecule has 2 aliphatic rings. The molecule has 0 radical (unpaired) electrons. The maximum atomic E-state index is 12.8. The standard InChI is InChI=1S/C19H24N2O2/c1-13-5-6-18-16(10-13)19(22)15(12-23-18)11-21-9-8-20-7-3-4-17(20)14(21)2/h5-6,10,12,14,17H,3-4,7-9,11H2,1-2H3/t14-,17+/m1/s1. The average Bonchev–Trinajstić information content (AvgIpc) is 3.02. The molecule has 0 spiro atoms. The Morgan fingerprint density at radius 3 is 3.00 bits per heavy atom. The van der Waals surface area contributed by atoms with E-state index in [1.807, 2.05) is 25.1 Å². The van der Waals surface area contributed by atoms with E-state index in [1.54, 1.807) is 6.26 Å². The molecular formula is C19H24N2O2. The average molecular weight is 312 g/mol. The molecule has 2 atom stereocenters. The molecule has 2 aromatic rings. The van der Waals surface area contributed by atoms with Crippen molar-refractivity contribution in [1.29, 1.82) is 0 Å². The fraction of sp³-hybridized carbons (Fsp3) is 0.526. The van der Waals surface area contributed by atoms with Crippen LogP contribution in [0.25, 0.3) is 11.0 Å². The zero-order valence-electron chi connectivity index (χ0n) is 13.9. The first-order valence-corrected chi connectivity index (χ1v) is 8.62. The summed E-state index contributed by atoms with van der Waals surface area (Å²) in [6.45, 7) is 8.38. The van der Waals surface area contributed by atoms with Crippen molar-refractivity contribution in [2.45, 2.75) is 45.3 Å². The summed E-state index contributed by atoms with van der Waals surface area (Å²) in [7, 11) is 0. The van der Waals surface area contributed by atoms with Crippen molar-refractivity contribution in [2.75, 3.05) is 19.6 Å². The Morgan fingerprint density at radius 1 is 1.26 bits per heavy atom. The monoisotopic (exact) mass is 312 g/mol. The second-order valence-corrected chi connectivity index (χ2v) is 7.05. The zero-order chi connectivity index (χ0) is 16.0. The SMILES string of the molecule is Cc1ccc2occ(CN3CCN4CCC[C@H]4[C@H]3C)c(=O)c2c1. The van der Waals surface area contributed by atoms with E-state index >= 15 is 0 Å². The summed E-state index contributed by atoms with van der Waals surface area (Å²) in [4.78, 5) is 17.8. The van der Waals surface area contributed by atoms with Crippen LogP contribution < -0.4 is 5.43 Å². The molecule has 1 aromatic carbocycles. The molecule has 4 nitrogen and oxygen atoms in total. The van der Waals surface area contributed by atoms with Crippen LogP contribution in [0.2, 0.25) is 0 Å². The van der Waals surface area contributed by atoms with E-state index in [0.29, 0.717) is 29.6 Å². The molecule has 2 fully saturated rings. The Kier molecular flexibility index (Phi) is 3.74. The van der Waals surface area contributed by atoms with E-state index in [2.05, 4.69) is 16.7 Å². The number of rotatable bonds is 2. The normalized spacial score (nSPS) is 25.8. The van der Waals surface area contributed by atoms with Crippen LogP contribution in [0, 0.1) is 6.92 Å². The minimum atomic E-state index is 0.121. The van der Waals surface area contributed by atoms with E-state index in [0.717, 1.165) is 24.2 Å².